The summed E-state index contributed by atoms with van der Waals surface area (Å²) >= 11 is 12.0. The number of carbonyl (C=O) groups excluding carboxylic acids is 1. The smallest absolute Gasteiger partial charge is 0.257 e. The quantitative estimate of drug-likeness (QED) is 0.752. The van der Waals surface area contributed by atoms with Crippen LogP contribution in [0.3, 0.4) is 0 Å². The Morgan fingerprint density at radius 1 is 1.07 bits per heavy atom. The van der Waals surface area contributed by atoms with E-state index >= 15 is 0 Å². The number of hydrogen-bond donors (Lipinski definition) is 1. The maximum atomic E-state index is 12.9. The van der Waals surface area contributed by atoms with Crippen molar-refractivity contribution in [1.29, 1.82) is 0 Å². The molecule has 1 N–H and O–H groups in total. The van der Waals surface area contributed by atoms with E-state index in [1.807, 2.05) is 0 Å². The first-order valence-electron chi connectivity index (χ1n) is 7.54. The van der Waals surface area contributed by atoms with Gasteiger partial charge in [-0.05, 0) is 24.3 Å². The molecule has 0 heterocycles. The van der Waals surface area contributed by atoms with Gasteiger partial charge in [0.25, 0.3) is 5.91 Å². The Bertz CT molecular complexity index is 980. The van der Waals surface area contributed by atoms with Crippen LogP contribution in [0.25, 0.3) is 0 Å². The van der Waals surface area contributed by atoms with Crippen LogP contribution in [-0.2, 0) is 10.0 Å². The number of nitrogens with zero attached hydrogens (tertiary/aromatic N) is 1. The Kier molecular flexibility index (Phi) is 6.46. The number of methoxy groups -OCH3 is 2. The number of hydrogen-bond acceptors (Lipinski definition) is 5. The second-order valence-electron chi connectivity index (χ2n) is 5.53. The molecule has 0 bridgehead atoms. The van der Waals surface area contributed by atoms with Crippen LogP contribution in [0.15, 0.2) is 30.3 Å². The molecule has 2 rings (SSSR count). The molecule has 146 valence electrons. The lowest BCUT2D eigenvalue weighted by atomic mass is 10.1. The molecule has 0 unspecified atom stereocenters. The highest BCUT2D eigenvalue weighted by atomic mass is 35.5. The summed E-state index contributed by atoms with van der Waals surface area (Å²) in [5.41, 5.74) is 0.458. The summed E-state index contributed by atoms with van der Waals surface area (Å²) < 4.78 is 35.4. The maximum absolute atomic E-state index is 12.9. The minimum Gasteiger partial charge on any atom is -0.493 e. The van der Waals surface area contributed by atoms with E-state index in [0.29, 0.717) is 5.02 Å². The second-order valence-corrected chi connectivity index (χ2v) is 8.39. The number of carbonyl (C=O) groups is 1. The van der Waals surface area contributed by atoms with E-state index < -0.39 is 15.9 Å². The molecular weight excluding hydrogens is 415 g/mol. The van der Waals surface area contributed by atoms with E-state index in [2.05, 4.69) is 5.32 Å². The fraction of sp³-hybridized carbons (Fsp3) is 0.235. The number of anilines is 2. The molecule has 0 aliphatic carbocycles. The Morgan fingerprint density at radius 2 is 1.67 bits per heavy atom. The zero-order valence-corrected chi connectivity index (χ0v) is 17.4. The Hall–Kier alpha value is -2.16. The van der Waals surface area contributed by atoms with Crippen LogP contribution in [0.1, 0.15) is 10.4 Å². The highest BCUT2D eigenvalue weighted by Gasteiger charge is 2.24. The average Bonchev–Trinajstić information content (AvgIpc) is 2.62. The second kappa shape index (κ2) is 8.24. The molecular formula is C17H18Cl2N2O5S. The lowest BCUT2D eigenvalue weighted by molar-refractivity contribution is 0.102. The molecule has 0 atom stereocenters. The van der Waals surface area contributed by atoms with Gasteiger partial charge in [0.05, 0.1) is 42.4 Å². The third-order valence-corrected chi connectivity index (χ3v) is 5.52. The first kappa shape index (κ1) is 21.1. The third kappa shape index (κ3) is 4.77. The monoisotopic (exact) mass is 432 g/mol. The number of nitrogens with one attached hydrogen (secondary N) is 1. The molecule has 2 aromatic rings. The van der Waals surface area contributed by atoms with E-state index in [9.17, 15) is 13.2 Å². The summed E-state index contributed by atoms with van der Waals surface area (Å²) in [7, 11) is 0.519. The van der Waals surface area contributed by atoms with Gasteiger partial charge in [-0.2, -0.15) is 0 Å². The predicted octanol–water partition coefficient (Wildman–Crippen LogP) is 3.66. The SMILES string of the molecule is COc1cc(C(=O)Nc2cc(Cl)ccc2Cl)c(N(C)S(C)(=O)=O)cc1OC. The van der Waals surface area contributed by atoms with Gasteiger partial charge in [-0.1, -0.05) is 23.2 Å². The number of halogens is 2. The Morgan fingerprint density at radius 3 is 2.22 bits per heavy atom. The number of amides is 1. The largest absolute Gasteiger partial charge is 0.493 e. The van der Waals surface area contributed by atoms with Crippen molar-refractivity contribution in [3.63, 3.8) is 0 Å². The summed E-state index contributed by atoms with van der Waals surface area (Å²) in [4.78, 5) is 12.9. The van der Waals surface area contributed by atoms with Gasteiger partial charge in [-0.15, -0.1) is 0 Å². The molecule has 1 amide bonds. The molecule has 0 fully saturated rings. The van der Waals surface area contributed by atoms with Gasteiger partial charge in [0.2, 0.25) is 10.0 Å². The van der Waals surface area contributed by atoms with Crippen molar-refractivity contribution in [3.05, 3.63) is 45.9 Å². The summed E-state index contributed by atoms with van der Waals surface area (Å²) in [6, 6.07) is 7.41. The van der Waals surface area contributed by atoms with Crippen LogP contribution in [0.2, 0.25) is 10.0 Å². The highest BCUT2D eigenvalue weighted by Crippen LogP contribution is 2.36. The van der Waals surface area contributed by atoms with Gasteiger partial charge in [0.15, 0.2) is 11.5 Å². The van der Waals surface area contributed by atoms with Gasteiger partial charge in [0, 0.05) is 18.1 Å². The molecule has 10 heteroatoms. The molecule has 0 saturated carbocycles. The summed E-state index contributed by atoms with van der Waals surface area (Å²) in [5, 5.41) is 3.30. The highest BCUT2D eigenvalue weighted by molar-refractivity contribution is 7.92. The van der Waals surface area contributed by atoms with Crippen molar-refractivity contribution >= 4 is 50.5 Å². The molecule has 27 heavy (non-hydrogen) atoms. The van der Waals surface area contributed by atoms with Gasteiger partial charge in [0.1, 0.15) is 0 Å². The van der Waals surface area contributed by atoms with Crippen LogP contribution in [-0.4, -0.2) is 41.8 Å². The molecule has 0 saturated heterocycles. The van der Waals surface area contributed by atoms with Crippen LogP contribution in [0.4, 0.5) is 11.4 Å². The summed E-state index contributed by atoms with van der Waals surface area (Å²) in [6.45, 7) is 0. The van der Waals surface area contributed by atoms with Crippen LogP contribution < -0.4 is 19.1 Å². The van der Waals surface area contributed by atoms with E-state index in [0.717, 1.165) is 10.6 Å². The third-order valence-electron chi connectivity index (χ3n) is 3.76. The van der Waals surface area contributed by atoms with Crippen LogP contribution in [0, 0.1) is 0 Å². The number of sulfonamides is 1. The molecule has 0 spiro atoms. The zero-order valence-electron chi connectivity index (χ0n) is 15.0. The molecule has 0 aliphatic heterocycles. The van der Waals surface area contributed by atoms with Crippen molar-refractivity contribution < 1.29 is 22.7 Å². The fourth-order valence-corrected chi connectivity index (χ4v) is 3.12. The van der Waals surface area contributed by atoms with Crippen molar-refractivity contribution in [2.24, 2.45) is 0 Å². The maximum Gasteiger partial charge on any atom is 0.257 e. The fourth-order valence-electron chi connectivity index (χ4n) is 2.27. The van der Waals surface area contributed by atoms with E-state index in [-0.39, 0.29) is 33.5 Å². The standard InChI is InChI=1S/C17H18Cl2N2O5S/c1-21(27(4,23)24)14-9-16(26-3)15(25-2)8-11(14)17(22)20-13-7-10(18)5-6-12(13)19/h5-9H,1-4H3,(H,20,22). The molecule has 7 nitrogen and oxygen atoms in total. The summed E-state index contributed by atoms with van der Waals surface area (Å²) in [6.07, 6.45) is 1.03. The molecule has 0 radical (unpaired) electrons. The summed E-state index contributed by atoms with van der Waals surface area (Å²) in [5.74, 6) is -0.0450. The van der Waals surface area contributed by atoms with Crippen LogP contribution >= 0.6 is 23.2 Å². The first-order valence-corrected chi connectivity index (χ1v) is 10.1. The van der Waals surface area contributed by atoms with E-state index in [1.165, 1.54) is 45.5 Å². The predicted molar refractivity (Wildman–Crippen MR) is 107 cm³/mol. The first-order chi connectivity index (χ1) is 12.6. The van der Waals surface area contributed by atoms with Gasteiger partial charge in [-0.3, -0.25) is 9.10 Å². The van der Waals surface area contributed by atoms with Crippen molar-refractivity contribution in [1.82, 2.24) is 0 Å². The lowest BCUT2D eigenvalue weighted by Crippen LogP contribution is -2.28. The van der Waals surface area contributed by atoms with Gasteiger partial charge >= 0.3 is 0 Å². The van der Waals surface area contributed by atoms with Crippen LogP contribution in [0.5, 0.6) is 11.5 Å². The van der Waals surface area contributed by atoms with Gasteiger partial charge in [-0.25, -0.2) is 8.42 Å². The number of benzene rings is 2. The minimum absolute atomic E-state index is 0.0524. The van der Waals surface area contributed by atoms with Gasteiger partial charge < -0.3 is 14.8 Å². The van der Waals surface area contributed by atoms with E-state index in [1.54, 1.807) is 6.07 Å². The van der Waals surface area contributed by atoms with E-state index in [4.69, 9.17) is 32.7 Å². The normalized spacial score (nSPS) is 11.0. The average molecular weight is 433 g/mol. The number of rotatable bonds is 6. The minimum atomic E-state index is -3.63. The molecule has 0 aliphatic rings. The Labute approximate surface area is 167 Å². The molecule has 2 aromatic carbocycles. The number of ether oxygens (including phenoxy) is 2. The zero-order chi connectivity index (χ0) is 20.4. The van der Waals surface area contributed by atoms with Crippen molar-refractivity contribution in [2.75, 3.05) is 37.1 Å². The molecule has 0 aromatic heterocycles. The van der Waals surface area contributed by atoms with Crippen molar-refractivity contribution in [3.8, 4) is 11.5 Å². The van der Waals surface area contributed by atoms with Crippen molar-refractivity contribution in [2.45, 2.75) is 0 Å². The Balaban J connectivity index is 2.58. The topological polar surface area (TPSA) is 84.9 Å². The lowest BCUT2D eigenvalue weighted by Gasteiger charge is -2.22.